The van der Waals surface area contributed by atoms with Crippen LogP contribution in [0.15, 0.2) is 24.3 Å². The van der Waals surface area contributed by atoms with Crippen LogP contribution in [0, 0.1) is 62.1 Å². The Balaban J connectivity index is 0.000000330. The first kappa shape index (κ1) is 34.5. The maximum atomic E-state index is 10.6. The average Bonchev–Trinajstić information content (AvgIpc) is 3.23. The molecular formula is C39H64O4. The fraction of sp³-hybridized carbons (Fsp3) is 0.846. The number of hydrogen-bond acceptors (Lipinski definition) is 3. The number of carboxylic acids is 1. The summed E-state index contributed by atoms with van der Waals surface area (Å²) in [7, 11) is 1.94. The van der Waals surface area contributed by atoms with Crippen molar-refractivity contribution in [2.45, 2.75) is 133 Å². The average molecular weight is 597 g/mol. The fourth-order valence-corrected chi connectivity index (χ4v) is 12.6. The van der Waals surface area contributed by atoms with E-state index >= 15 is 0 Å². The number of ketones is 1. The summed E-state index contributed by atoms with van der Waals surface area (Å²) >= 11 is 0. The van der Waals surface area contributed by atoms with Gasteiger partial charge in [-0.15, -0.1) is 0 Å². The summed E-state index contributed by atoms with van der Waals surface area (Å²) in [5.41, 5.74) is 3.17. The molecule has 43 heavy (non-hydrogen) atoms. The third kappa shape index (κ3) is 5.85. The standard InChI is InChI=1S/C31H50O.C8H14O3/c1-21(2)22-12-17-31(20-32-8)19-18-29(6)23(26(22)31)10-11-25-28(5)15-9-14-27(3,4)24(28)13-16-30(25,29)7;1-6(9)4-8(2,3)5-7(10)11/h9,14,22-26H,1,10-13,15-20H2,2-8H3;4-5H2,1-3H3,(H,10,11)/t22-,23?,24?,25?,26?,28-,29+,30+,31+;/m0./s1. The molecule has 0 saturated heterocycles. The van der Waals surface area contributed by atoms with E-state index < -0.39 is 11.4 Å². The first-order valence-electron chi connectivity index (χ1n) is 17.3. The molecule has 5 rings (SSSR count). The number of ether oxygens (including phenoxy) is 1. The molecule has 0 amide bonds. The van der Waals surface area contributed by atoms with Crippen molar-refractivity contribution in [3.8, 4) is 0 Å². The minimum atomic E-state index is -0.851. The highest BCUT2D eigenvalue weighted by Gasteiger charge is 2.70. The third-order valence-corrected chi connectivity index (χ3v) is 14.3. The second-order valence-corrected chi connectivity index (χ2v) is 18.0. The Morgan fingerprint density at radius 2 is 1.58 bits per heavy atom. The molecule has 0 aliphatic heterocycles. The van der Waals surface area contributed by atoms with Gasteiger partial charge >= 0.3 is 5.97 Å². The SMILES string of the molecule is C=C(C)[C@@H]1CC[C@]2(COC)CC[C@]3(C)C(CCC4[C@@]5(C)CC=CC(C)(C)C5CC[C@]43C)C12.CC(=O)CC(C)(C)CC(=O)O. The number of hydrogen-bond donors (Lipinski definition) is 1. The maximum absolute atomic E-state index is 10.6. The molecule has 0 aromatic heterocycles. The van der Waals surface area contributed by atoms with Crippen LogP contribution < -0.4 is 0 Å². The molecule has 0 spiro atoms. The highest BCUT2D eigenvalue weighted by molar-refractivity contribution is 5.77. The summed E-state index contributed by atoms with van der Waals surface area (Å²) in [5, 5.41) is 8.45. The number of carboxylic acid groups (broad SMARTS) is 1. The van der Waals surface area contributed by atoms with E-state index in [9.17, 15) is 9.59 Å². The molecule has 0 heterocycles. The van der Waals surface area contributed by atoms with E-state index in [0.717, 1.165) is 30.3 Å². The van der Waals surface area contributed by atoms with Gasteiger partial charge in [-0.3, -0.25) is 4.79 Å². The lowest BCUT2D eigenvalue weighted by Gasteiger charge is -2.72. The molecule has 244 valence electrons. The van der Waals surface area contributed by atoms with Gasteiger partial charge in [-0.05, 0) is 134 Å². The molecule has 5 aliphatic carbocycles. The van der Waals surface area contributed by atoms with Crippen molar-refractivity contribution in [1.29, 1.82) is 0 Å². The van der Waals surface area contributed by atoms with Gasteiger partial charge in [-0.1, -0.05) is 72.8 Å². The second kappa shape index (κ2) is 11.7. The smallest absolute Gasteiger partial charge is 0.303 e. The zero-order chi connectivity index (χ0) is 32.2. The molecule has 4 fully saturated rings. The summed E-state index contributed by atoms with van der Waals surface area (Å²) in [6.45, 7) is 26.0. The van der Waals surface area contributed by atoms with Crippen LogP contribution in [0.2, 0.25) is 0 Å². The van der Waals surface area contributed by atoms with E-state index in [1.54, 1.807) is 13.8 Å². The number of carbonyl (C=O) groups is 2. The lowest BCUT2D eigenvalue weighted by Crippen LogP contribution is -2.65. The van der Waals surface area contributed by atoms with Gasteiger partial charge in [0.15, 0.2) is 0 Å². The van der Waals surface area contributed by atoms with Crippen molar-refractivity contribution in [1.82, 2.24) is 0 Å². The number of aliphatic carboxylic acids is 1. The zero-order valence-corrected chi connectivity index (χ0v) is 29.4. The molecule has 4 nitrogen and oxygen atoms in total. The van der Waals surface area contributed by atoms with Crippen molar-refractivity contribution < 1.29 is 19.4 Å². The van der Waals surface area contributed by atoms with Gasteiger partial charge in [0.2, 0.25) is 0 Å². The van der Waals surface area contributed by atoms with Crippen molar-refractivity contribution in [3.63, 3.8) is 0 Å². The molecule has 5 aliphatic rings. The number of allylic oxidation sites excluding steroid dienone is 3. The molecule has 0 aromatic rings. The van der Waals surface area contributed by atoms with E-state index in [0.29, 0.717) is 39.4 Å². The predicted molar refractivity (Wildman–Crippen MR) is 177 cm³/mol. The topological polar surface area (TPSA) is 63.6 Å². The van der Waals surface area contributed by atoms with Crippen molar-refractivity contribution in [2.24, 2.45) is 62.1 Å². The van der Waals surface area contributed by atoms with E-state index in [1.165, 1.54) is 70.3 Å². The monoisotopic (exact) mass is 596 g/mol. The van der Waals surface area contributed by atoms with Gasteiger partial charge < -0.3 is 14.6 Å². The van der Waals surface area contributed by atoms with Gasteiger partial charge in [0.05, 0.1) is 13.0 Å². The van der Waals surface area contributed by atoms with Gasteiger partial charge in [0.1, 0.15) is 5.78 Å². The van der Waals surface area contributed by atoms with E-state index in [2.05, 4.69) is 60.3 Å². The number of carbonyl (C=O) groups excluding carboxylic acids is 1. The summed E-state index contributed by atoms with van der Waals surface area (Å²) in [6.07, 6.45) is 18.0. The number of rotatable bonds is 7. The minimum absolute atomic E-state index is 0.0382. The number of fused-ring (bicyclic) bond motifs is 7. The Hall–Kier alpha value is -1.42. The lowest BCUT2D eigenvalue weighted by atomic mass is 9.33. The van der Waals surface area contributed by atoms with E-state index in [1.807, 2.05) is 7.11 Å². The van der Waals surface area contributed by atoms with Crippen LogP contribution in [0.4, 0.5) is 0 Å². The van der Waals surface area contributed by atoms with Crippen LogP contribution in [0.3, 0.4) is 0 Å². The largest absolute Gasteiger partial charge is 0.481 e. The summed E-state index contributed by atoms with van der Waals surface area (Å²) in [4.78, 5) is 20.9. The molecule has 4 heteroatoms. The highest BCUT2D eigenvalue weighted by atomic mass is 16.5. The van der Waals surface area contributed by atoms with Crippen LogP contribution in [0.25, 0.3) is 0 Å². The first-order chi connectivity index (χ1) is 19.8. The molecule has 4 saturated carbocycles. The molecule has 4 unspecified atom stereocenters. The van der Waals surface area contributed by atoms with Crippen LogP contribution in [0.5, 0.6) is 0 Å². The van der Waals surface area contributed by atoms with Crippen LogP contribution in [-0.2, 0) is 14.3 Å². The van der Waals surface area contributed by atoms with Crippen LogP contribution >= 0.6 is 0 Å². The van der Waals surface area contributed by atoms with Crippen molar-refractivity contribution in [2.75, 3.05) is 13.7 Å². The van der Waals surface area contributed by atoms with Crippen molar-refractivity contribution >= 4 is 11.8 Å². The quantitative estimate of drug-likeness (QED) is 0.297. The normalized spacial score (nSPS) is 42.8. The summed E-state index contributed by atoms with van der Waals surface area (Å²) in [6, 6.07) is 0. The first-order valence-corrected chi connectivity index (χ1v) is 17.3. The second-order valence-electron chi connectivity index (χ2n) is 18.0. The number of methoxy groups -OCH3 is 1. The number of Topliss-reactive ketones (excluding diaryl/α,β-unsaturated/α-hetero) is 1. The Kier molecular flexibility index (Phi) is 9.41. The van der Waals surface area contributed by atoms with E-state index in [-0.39, 0.29) is 12.2 Å². The Bertz CT molecular complexity index is 1100. The van der Waals surface area contributed by atoms with Gasteiger partial charge in [-0.25, -0.2) is 0 Å². The van der Waals surface area contributed by atoms with Gasteiger partial charge in [0.25, 0.3) is 0 Å². The van der Waals surface area contributed by atoms with E-state index in [4.69, 9.17) is 9.84 Å². The van der Waals surface area contributed by atoms with Gasteiger partial charge in [-0.2, -0.15) is 0 Å². The van der Waals surface area contributed by atoms with Crippen molar-refractivity contribution in [3.05, 3.63) is 24.3 Å². The molecule has 0 aromatic carbocycles. The Morgan fingerprint density at radius 3 is 2.16 bits per heavy atom. The molecule has 9 atom stereocenters. The molecular weight excluding hydrogens is 532 g/mol. The lowest BCUT2D eigenvalue weighted by molar-refractivity contribution is -0.229. The minimum Gasteiger partial charge on any atom is -0.481 e. The summed E-state index contributed by atoms with van der Waals surface area (Å²) in [5.74, 6) is 3.21. The third-order valence-electron chi connectivity index (χ3n) is 14.3. The molecule has 0 radical (unpaired) electrons. The Morgan fingerprint density at radius 1 is 0.907 bits per heavy atom. The predicted octanol–water partition coefficient (Wildman–Crippen LogP) is 9.92. The zero-order valence-electron chi connectivity index (χ0n) is 29.4. The Labute approximate surface area is 263 Å². The fourth-order valence-electron chi connectivity index (χ4n) is 12.6. The van der Waals surface area contributed by atoms with Crippen LogP contribution in [0.1, 0.15) is 133 Å². The summed E-state index contributed by atoms with van der Waals surface area (Å²) < 4.78 is 5.93. The van der Waals surface area contributed by atoms with Gasteiger partial charge in [0, 0.05) is 13.5 Å². The van der Waals surface area contributed by atoms with Crippen LogP contribution in [-0.4, -0.2) is 30.6 Å². The molecule has 0 bridgehead atoms. The molecule has 1 N–H and O–H groups in total. The maximum Gasteiger partial charge on any atom is 0.303 e. The highest BCUT2D eigenvalue weighted by Crippen LogP contribution is 2.77.